The summed E-state index contributed by atoms with van der Waals surface area (Å²) in [7, 11) is -3.98. The quantitative estimate of drug-likeness (QED) is 0.567. The number of anilines is 1. The maximum absolute atomic E-state index is 12.6. The Morgan fingerprint density at radius 3 is 2.10 bits per heavy atom. The Labute approximate surface area is 178 Å². The molecule has 3 N–H and O–H groups in total. The van der Waals surface area contributed by atoms with Crippen LogP contribution in [-0.4, -0.2) is 32.8 Å². The predicted molar refractivity (Wildman–Crippen MR) is 109 cm³/mol. The van der Waals surface area contributed by atoms with Gasteiger partial charge in [0, 0.05) is 19.2 Å². The van der Waals surface area contributed by atoms with Crippen LogP contribution in [0.3, 0.4) is 0 Å². The molecule has 2 rings (SSSR count). The molecule has 31 heavy (non-hydrogen) atoms. The fourth-order valence-electron chi connectivity index (χ4n) is 2.62. The van der Waals surface area contributed by atoms with Crippen molar-refractivity contribution in [2.75, 3.05) is 11.9 Å². The molecule has 0 bridgehead atoms. The molecule has 0 radical (unpaired) electrons. The molecule has 0 fully saturated rings. The minimum Gasteiger partial charge on any atom is -0.354 e. The molecule has 2 amide bonds. The Bertz CT molecular complexity index is 1020. The minimum atomic E-state index is -4.41. The van der Waals surface area contributed by atoms with Crippen molar-refractivity contribution < 1.29 is 31.2 Å². The molecule has 2 aromatic rings. The van der Waals surface area contributed by atoms with E-state index in [1.807, 2.05) is 0 Å². The van der Waals surface area contributed by atoms with Crippen LogP contribution in [0.15, 0.2) is 53.4 Å². The van der Waals surface area contributed by atoms with Gasteiger partial charge in [-0.3, -0.25) is 9.59 Å². The van der Waals surface area contributed by atoms with E-state index in [0.717, 1.165) is 12.1 Å². The van der Waals surface area contributed by atoms with E-state index < -0.39 is 33.7 Å². The molecule has 0 aliphatic carbocycles. The Morgan fingerprint density at radius 1 is 1.00 bits per heavy atom. The molecule has 7 nitrogen and oxygen atoms in total. The van der Waals surface area contributed by atoms with Crippen molar-refractivity contribution in [3.63, 3.8) is 0 Å². The lowest BCUT2D eigenvalue weighted by Gasteiger charge is -2.15. The van der Waals surface area contributed by atoms with Crippen LogP contribution in [0.2, 0.25) is 0 Å². The van der Waals surface area contributed by atoms with Gasteiger partial charge in [0.2, 0.25) is 21.8 Å². The number of hydrogen-bond acceptors (Lipinski definition) is 4. The molecule has 0 heterocycles. The van der Waals surface area contributed by atoms with Gasteiger partial charge in [-0.25, -0.2) is 8.42 Å². The number of alkyl halides is 3. The van der Waals surface area contributed by atoms with Gasteiger partial charge in [0.1, 0.15) is 0 Å². The van der Waals surface area contributed by atoms with E-state index in [2.05, 4.69) is 15.4 Å². The first-order valence-electron chi connectivity index (χ1n) is 9.22. The molecule has 0 aromatic heterocycles. The number of amides is 2. The molecule has 0 spiro atoms. The first-order valence-corrected chi connectivity index (χ1v) is 10.7. The van der Waals surface area contributed by atoms with E-state index >= 15 is 0 Å². The zero-order chi connectivity index (χ0) is 23.2. The van der Waals surface area contributed by atoms with E-state index in [9.17, 15) is 31.2 Å². The highest BCUT2D eigenvalue weighted by atomic mass is 32.2. The van der Waals surface area contributed by atoms with Crippen LogP contribution in [0.25, 0.3) is 0 Å². The SMILES string of the molecule is CC(=O)Nc1ccc(S(=O)(=O)N[C@@H](C)C(=O)NCCc2ccc(C(F)(F)F)cc2)cc1. The Kier molecular flexibility index (Phi) is 7.80. The number of carbonyl (C=O) groups excluding carboxylic acids is 2. The Balaban J connectivity index is 1.87. The first kappa shape index (κ1) is 24.4. The molecule has 1 atom stereocenters. The third-order valence-electron chi connectivity index (χ3n) is 4.20. The summed E-state index contributed by atoms with van der Waals surface area (Å²) in [6.45, 7) is 2.82. The van der Waals surface area contributed by atoms with E-state index in [1.54, 1.807) is 0 Å². The number of nitrogens with one attached hydrogen (secondary N) is 3. The third-order valence-corrected chi connectivity index (χ3v) is 5.76. The van der Waals surface area contributed by atoms with Crippen LogP contribution in [0, 0.1) is 0 Å². The third kappa shape index (κ3) is 7.37. The summed E-state index contributed by atoms with van der Waals surface area (Å²) < 4.78 is 64.8. The second-order valence-corrected chi connectivity index (χ2v) is 8.50. The Morgan fingerprint density at radius 2 is 1.58 bits per heavy atom. The highest BCUT2D eigenvalue weighted by molar-refractivity contribution is 7.89. The zero-order valence-electron chi connectivity index (χ0n) is 16.8. The van der Waals surface area contributed by atoms with Gasteiger partial charge in [-0.2, -0.15) is 17.9 Å². The average molecular weight is 457 g/mol. The van der Waals surface area contributed by atoms with Gasteiger partial charge >= 0.3 is 6.18 Å². The predicted octanol–water partition coefficient (Wildman–Crippen LogP) is 2.69. The van der Waals surface area contributed by atoms with Crippen molar-refractivity contribution in [3.8, 4) is 0 Å². The van der Waals surface area contributed by atoms with Gasteiger partial charge in [0.05, 0.1) is 16.5 Å². The summed E-state index contributed by atoms with van der Waals surface area (Å²) in [5, 5.41) is 5.06. The van der Waals surface area contributed by atoms with Crippen LogP contribution in [0.1, 0.15) is 25.0 Å². The maximum atomic E-state index is 12.6. The summed E-state index contributed by atoms with van der Waals surface area (Å²) in [5.41, 5.74) is 0.273. The first-order chi connectivity index (χ1) is 14.4. The number of carbonyl (C=O) groups is 2. The van der Waals surface area contributed by atoms with Gasteiger partial charge in [-0.05, 0) is 55.3 Å². The topological polar surface area (TPSA) is 104 Å². The van der Waals surface area contributed by atoms with E-state index in [4.69, 9.17) is 0 Å². The van der Waals surface area contributed by atoms with Gasteiger partial charge in [0.15, 0.2) is 0 Å². The largest absolute Gasteiger partial charge is 0.416 e. The number of hydrogen-bond donors (Lipinski definition) is 3. The number of halogens is 3. The number of sulfonamides is 1. The highest BCUT2D eigenvalue weighted by Gasteiger charge is 2.29. The van der Waals surface area contributed by atoms with Gasteiger partial charge < -0.3 is 10.6 Å². The normalized spacial score (nSPS) is 12.8. The van der Waals surface area contributed by atoms with Crippen molar-refractivity contribution in [1.82, 2.24) is 10.0 Å². The molecular weight excluding hydrogens is 435 g/mol. The maximum Gasteiger partial charge on any atom is 0.416 e. The van der Waals surface area contributed by atoms with Crippen LogP contribution in [0.4, 0.5) is 18.9 Å². The monoisotopic (exact) mass is 457 g/mol. The zero-order valence-corrected chi connectivity index (χ0v) is 17.6. The summed E-state index contributed by atoms with van der Waals surface area (Å²) in [6, 6.07) is 8.93. The van der Waals surface area contributed by atoms with Crippen molar-refractivity contribution in [2.45, 2.75) is 37.4 Å². The smallest absolute Gasteiger partial charge is 0.354 e. The van der Waals surface area contributed by atoms with Gasteiger partial charge in [0.25, 0.3) is 0 Å². The molecule has 11 heteroatoms. The number of benzene rings is 2. The molecule has 2 aromatic carbocycles. The fourth-order valence-corrected chi connectivity index (χ4v) is 3.82. The van der Waals surface area contributed by atoms with Crippen LogP contribution in [-0.2, 0) is 32.2 Å². The molecule has 0 aliphatic heterocycles. The van der Waals surface area contributed by atoms with Gasteiger partial charge in [-0.1, -0.05) is 12.1 Å². The van der Waals surface area contributed by atoms with E-state index in [0.29, 0.717) is 11.3 Å². The van der Waals surface area contributed by atoms with Crippen LogP contribution in [0.5, 0.6) is 0 Å². The van der Waals surface area contributed by atoms with E-state index in [1.165, 1.54) is 50.2 Å². The molecule has 0 saturated carbocycles. The Hall–Kier alpha value is -2.92. The van der Waals surface area contributed by atoms with Crippen LogP contribution >= 0.6 is 0 Å². The average Bonchev–Trinajstić information content (AvgIpc) is 2.67. The lowest BCUT2D eigenvalue weighted by molar-refractivity contribution is -0.137. The van der Waals surface area contributed by atoms with E-state index in [-0.39, 0.29) is 23.8 Å². The van der Waals surface area contributed by atoms with Crippen molar-refractivity contribution >= 4 is 27.5 Å². The minimum absolute atomic E-state index is 0.0778. The van der Waals surface area contributed by atoms with Gasteiger partial charge in [-0.15, -0.1) is 0 Å². The lowest BCUT2D eigenvalue weighted by atomic mass is 10.1. The fraction of sp³-hybridized carbons (Fsp3) is 0.300. The van der Waals surface area contributed by atoms with Crippen molar-refractivity contribution in [1.29, 1.82) is 0 Å². The number of rotatable bonds is 8. The standard InChI is InChI=1S/C20H22F3N3O4S/c1-13(26-31(29,30)18-9-7-17(8-10-18)25-14(2)27)19(28)24-12-11-15-3-5-16(6-4-15)20(21,22)23/h3-10,13,26H,11-12H2,1-2H3,(H,24,28)(H,25,27)/t13-/m0/s1. The second-order valence-electron chi connectivity index (χ2n) is 6.78. The highest BCUT2D eigenvalue weighted by Crippen LogP contribution is 2.29. The summed E-state index contributed by atoms with van der Waals surface area (Å²) in [5.74, 6) is -0.874. The summed E-state index contributed by atoms with van der Waals surface area (Å²) in [4.78, 5) is 23.1. The molecular formula is C20H22F3N3O4S. The summed E-state index contributed by atoms with van der Waals surface area (Å²) >= 11 is 0. The molecule has 0 unspecified atom stereocenters. The molecule has 168 valence electrons. The molecule has 0 aliphatic rings. The van der Waals surface area contributed by atoms with Crippen molar-refractivity contribution in [2.24, 2.45) is 0 Å². The lowest BCUT2D eigenvalue weighted by Crippen LogP contribution is -2.45. The summed E-state index contributed by atoms with van der Waals surface area (Å²) in [6.07, 6.45) is -4.13. The van der Waals surface area contributed by atoms with Crippen LogP contribution < -0.4 is 15.4 Å². The second kappa shape index (κ2) is 9.92. The van der Waals surface area contributed by atoms with Crippen molar-refractivity contribution in [3.05, 3.63) is 59.7 Å². The molecule has 0 saturated heterocycles.